The van der Waals surface area contributed by atoms with Crippen molar-refractivity contribution in [2.75, 3.05) is 18.0 Å². The molecule has 0 unspecified atom stereocenters. The third-order valence-electron chi connectivity index (χ3n) is 3.29. The van der Waals surface area contributed by atoms with Gasteiger partial charge in [-0.15, -0.1) is 0 Å². The van der Waals surface area contributed by atoms with Gasteiger partial charge in [0.25, 0.3) is 0 Å². The second kappa shape index (κ2) is 7.94. The molecule has 0 saturated heterocycles. The standard InChI is InChI=1S/C15H21N5O/c16-15(18-21)7-11-20(14-5-2-1-3-6-14)10-4-9-19-12-8-17-13-19/h1-3,5-6,8,12-13,21H,4,7,9-11H2,(H2,16,18). The van der Waals surface area contributed by atoms with Crippen LogP contribution in [0.4, 0.5) is 5.69 Å². The van der Waals surface area contributed by atoms with E-state index in [1.165, 1.54) is 0 Å². The van der Waals surface area contributed by atoms with Crippen molar-refractivity contribution in [2.45, 2.75) is 19.4 Å². The number of hydrogen-bond donors (Lipinski definition) is 2. The molecule has 6 heteroatoms. The molecule has 3 N–H and O–H groups in total. The quantitative estimate of drug-likeness (QED) is 0.336. The van der Waals surface area contributed by atoms with Crippen molar-refractivity contribution in [3.8, 4) is 0 Å². The average molecular weight is 287 g/mol. The minimum absolute atomic E-state index is 0.255. The first-order valence-corrected chi connectivity index (χ1v) is 7.01. The van der Waals surface area contributed by atoms with Gasteiger partial charge in [-0.1, -0.05) is 23.4 Å². The van der Waals surface area contributed by atoms with Crippen LogP contribution in [0.15, 0.2) is 54.2 Å². The van der Waals surface area contributed by atoms with Crippen LogP contribution < -0.4 is 10.6 Å². The van der Waals surface area contributed by atoms with Crippen molar-refractivity contribution < 1.29 is 5.21 Å². The van der Waals surface area contributed by atoms with Gasteiger partial charge < -0.3 is 20.4 Å². The fraction of sp³-hybridized carbons (Fsp3) is 0.333. The van der Waals surface area contributed by atoms with Gasteiger partial charge in [0.05, 0.1) is 6.33 Å². The van der Waals surface area contributed by atoms with E-state index >= 15 is 0 Å². The lowest BCUT2D eigenvalue weighted by Crippen LogP contribution is -2.29. The molecule has 0 aliphatic carbocycles. The number of aryl methyl sites for hydroxylation is 1. The maximum Gasteiger partial charge on any atom is 0.140 e. The van der Waals surface area contributed by atoms with Crippen molar-refractivity contribution in [1.82, 2.24) is 9.55 Å². The van der Waals surface area contributed by atoms with E-state index in [0.717, 1.165) is 31.7 Å². The lowest BCUT2D eigenvalue weighted by atomic mass is 10.2. The Morgan fingerprint density at radius 3 is 2.76 bits per heavy atom. The number of nitrogens with zero attached hydrogens (tertiary/aromatic N) is 4. The number of hydrogen-bond acceptors (Lipinski definition) is 4. The minimum atomic E-state index is 0.255. The number of amidine groups is 1. The van der Waals surface area contributed by atoms with Crippen LogP contribution in [-0.2, 0) is 6.54 Å². The molecule has 0 aliphatic rings. The molecular formula is C15H21N5O. The van der Waals surface area contributed by atoms with Gasteiger partial charge in [-0.3, -0.25) is 0 Å². The lowest BCUT2D eigenvalue weighted by molar-refractivity contribution is 0.317. The zero-order valence-corrected chi connectivity index (χ0v) is 12.0. The third kappa shape index (κ3) is 4.83. The summed E-state index contributed by atoms with van der Waals surface area (Å²) in [6.07, 6.45) is 7.11. The zero-order chi connectivity index (χ0) is 14.9. The maximum atomic E-state index is 8.65. The second-order valence-electron chi connectivity index (χ2n) is 4.82. The van der Waals surface area contributed by atoms with Gasteiger partial charge in [0.15, 0.2) is 0 Å². The highest BCUT2D eigenvalue weighted by Gasteiger charge is 2.07. The van der Waals surface area contributed by atoms with Crippen LogP contribution in [0.5, 0.6) is 0 Å². The summed E-state index contributed by atoms with van der Waals surface area (Å²) in [6, 6.07) is 10.2. The summed E-state index contributed by atoms with van der Waals surface area (Å²) in [6.45, 7) is 2.55. The molecule has 0 aliphatic heterocycles. The van der Waals surface area contributed by atoms with E-state index in [4.69, 9.17) is 10.9 Å². The summed E-state index contributed by atoms with van der Waals surface area (Å²) in [5.41, 5.74) is 6.71. The molecular weight excluding hydrogens is 266 g/mol. The van der Waals surface area contributed by atoms with Crippen molar-refractivity contribution >= 4 is 11.5 Å². The fourth-order valence-corrected chi connectivity index (χ4v) is 2.17. The summed E-state index contributed by atoms with van der Waals surface area (Å²) in [5.74, 6) is 0.255. The monoisotopic (exact) mass is 287 g/mol. The SMILES string of the molecule is NC(CCN(CCCn1ccnc1)c1ccccc1)=NO. The van der Waals surface area contributed by atoms with Crippen LogP contribution in [0.1, 0.15) is 12.8 Å². The van der Waals surface area contributed by atoms with E-state index in [0.29, 0.717) is 6.42 Å². The number of rotatable bonds is 8. The Kier molecular flexibility index (Phi) is 5.63. The minimum Gasteiger partial charge on any atom is -0.409 e. The normalized spacial score (nSPS) is 11.5. The Labute approximate surface area is 124 Å². The Bertz CT molecular complexity index is 538. The summed E-state index contributed by atoms with van der Waals surface area (Å²) >= 11 is 0. The molecule has 0 spiro atoms. The topological polar surface area (TPSA) is 79.7 Å². The molecule has 0 atom stereocenters. The molecule has 2 aromatic rings. The van der Waals surface area contributed by atoms with E-state index in [1.54, 1.807) is 6.20 Å². The van der Waals surface area contributed by atoms with Crippen LogP contribution >= 0.6 is 0 Å². The van der Waals surface area contributed by atoms with E-state index in [-0.39, 0.29) is 5.84 Å². The highest BCUT2D eigenvalue weighted by Crippen LogP contribution is 2.14. The molecule has 1 aromatic carbocycles. The largest absolute Gasteiger partial charge is 0.409 e. The van der Waals surface area contributed by atoms with E-state index in [2.05, 4.69) is 31.7 Å². The number of imidazole rings is 1. The first-order chi connectivity index (χ1) is 10.3. The lowest BCUT2D eigenvalue weighted by Gasteiger charge is -2.24. The van der Waals surface area contributed by atoms with Crippen molar-refractivity contribution in [1.29, 1.82) is 0 Å². The maximum absolute atomic E-state index is 8.65. The molecule has 112 valence electrons. The summed E-state index contributed by atoms with van der Waals surface area (Å²) < 4.78 is 2.06. The molecule has 0 radical (unpaired) electrons. The van der Waals surface area contributed by atoms with Gasteiger partial charge >= 0.3 is 0 Å². The van der Waals surface area contributed by atoms with Gasteiger partial charge in [-0.2, -0.15) is 0 Å². The molecule has 1 heterocycles. The number of nitrogens with two attached hydrogens (primary N) is 1. The van der Waals surface area contributed by atoms with Gasteiger partial charge in [0.1, 0.15) is 5.84 Å². The molecule has 1 aromatic heterocycles. The highest BCUT2D eigenvalue weighted by atomic mass is 16.4. The molecule has 6 nitrogen and oxygen atoms in total. The molecule has 2 rings (SSSR count). The number of aromatic nitrogens is 2. The Balaban J connectivity index is 1.91. The number of para-hydroxylation sites is 1. The van der Waals surface area contributed by atoms with Crippen LogP contribution in [0.2, 0.25) is 0 Å². The average Bonchev–Trinajstić information content (AvgIpc) is 3.04. The second-order valence-corrected chi connectivity index (χ2v) is 4.82. The third-order valence-corrected chi connectivity index (χ3v) is 3.29. The summed E-state index contributed by atoms with van der Waals surface area (Å²) in [5, 5.41) is 11.7. The number of anilines is 1. The van der Waals surface area contributed by atoms with Crippen molar-refractivity contribution in [3.05, 3.63) is 49.1 Å². The summed E-state index contributed by atoms with van der Waals surface area (Å²) in [4.78, 5) is 6.28. The molecule has 0 amide bonds. The molecule has 0 fully saturated rings. The smallest absolute Gasteiger partial charge is 0.140 e. The Hall–Kier alpha value is -2.50. The van der Waals surface area contributed by atoms with Crippen LogP contribution in [0, 0.1) is 0 Å². The predicted octanol–water partition coefficient (Wildman–Crippen LogP) is 1.92. The Morgan fingerprint density at radius 1 is 1.29 bits per heavy atom. The van der Waals surface area contributed by atoms with Crippen molar-refractivity contribution in [3.63, 3.8) is 0 Å². The van der Waals surface area contributed by atoms with Gasteiger partial charge in [0.2, 0.25) is 0 Å². The molecule has 0 bridgehead atoms. The Morgan fingerprint density at radius 2 is 2.10 bits per heavy atom. The van der Waals surface area contributed by atoms with Gasteiger partial charge in [0, 0.05) is 44.1 Å². The van der Waals surface area contributed by atoms with Crippen LogP contribution in [0.3, 0.4) is 0 Å². The van der Waals surface area contributed by atoms with Crippen molar-refractivity contribution in [2.24, 2.45) is 10.9 Å². The van der Waals surface area contributed by atoms with E-state index in [1.807, 2.05) is 30.7 Å². The first kappa shape index (κ1) is 14.9. The number of benzene rings is 1. The van der Waals surface area contributed by atoms with Gasteiger partial charge in [-0.25, -0.2) is 4.98 Å². The van der Waals surface area contributed by atoms with Crippen LogP contribution in [0.25, 0.3) is 0 Å². The number of oxime groups is 1. The van der Waals surface area contributed by atoms with E-state index < -0.39 is 0 Å². The zero-order valence-electron chi connectivity index (χ0n) is 12.0. The van der Waals surface area contributed by atoms with Gasteiger partial charge in [-0.05, 0) is 18.6 Å². The molecule has 0 saturated carbocycles. The fourth-order valence-electron chi connectivity index (χ4n) is 2.17. The predicted molar refractivity (Wildman–Crippen MR) is 83.5 cm³/mol. The van der Waals surface area contributed by atoms with E-state index in [9.17, 15) is 0 Å². The highest BCUT2D eigenvalue weighted by molar-refractivity contribution is 5.80. The summed E-state index contributed by atoms with van der Waals surface area (Å²) in [7, 11) is 0. The first-order valence-electron chi connectivity index (χ1n) is 7.01. The molecule has 21 heavy (non-hydrogen) atoms. The van der Waals surface area contributed by atoms with Crippen LogP contribution in [-0.4, -0.2) is 33.7 Å².